The first-order valence-corrected chi connectivity index (χ1v) is 15.1. The Kier molecular flexibility index (Phi) is 8.08. The number of pyridine rings is 3. The minimum atomic E-state index is 0.0563. The third kappa shape index (κ3) is 5.20. The van der Waals surface area contributed by atoms with E-state index >= 15 is 0 Å². The molecule has 0 aliphatic carbocycles. The van der Waals surface area contributed by atoms with Crippen LogP contribution in [0.4, 0.5) is 11.5 Å². The monoisotopic (exact) mass is 596 g/mol. The van der Waals surface area contributed by atoms with Gasteiger partial charge in [-0.3, -0.25) is 19.7 Å². The summed E-state index contributed by atoms with van der Waals surface area (Å²) in [6.07, 6.45) is 4.71. The molecule has 2 N–H and O–H groups in total. The van der Waals surface area contributed by atoms with Gasteiger partial charge in [0.1, 0.15) is 17.3 Å². The van der Waals surface area contributed by atoms with E-state index in [1.807, 2.05) is 42.5 Å². The minimum absolute atomic E-state index is 0.0563. The molecule has 2 fully saturated rings. The molecule has 0 aromatic carbocycles. The summed E-state index contributed by atoms with van der Waals surface area (Å²) in [5.41, 5.74) is 7.01. The highest BCUT2D eigenvalue weighted by atomic mass is 16.5. The smallest absolute Gasteiger partial charge is 0.270 e. The summed E-state index contributed by atoms with van der Waals surface area (Å²) in [7, 11) is 3.58. The average molecular weight is 597 g/mol. The van der Waals surface area contributed by atoms with E-state index in [1.165, 1.54) is 6.21 Å². The van der Waals surface area contributed by atoms with Gasteiger partial charge in [-0.15, -0.1) is 0 Å². The molecule has 0 unspecified atom stereocenters. The molecule has 2 aliphatic rings. The zero-order valence-electron chi connectivity index (χ0n) is 26.3. The normalized spacial score (nSPS) is 15.9. The summed E-state index contributed by atoms with van der Waals surface area (Å²) in [4.78, 5) is 32.4. The fourth-order valence-electron chi connectivity index (χ4n) is 6.35. The number of aryl methyl sites for hydroxylation is 3. The number of ether oxygens (including phenoxy) is 2. The summed E-state index contributed by atoms with van der Waals surface area (Å²) in [5.74, 6) is 1.47. The Morgan fingerprint density at radius 1 is 1.16 bits per heavy atom. The molecule has 230 valence electrons. The number of nitrogens with zero attached hydrogens (tertiary/aromatic N) is 6. The third-order valence-corrected chi connectivity index (χ3v) is 8.87. The first kappa shape index (κ1) is 29.7. The highest BCUT2D eigenvalue weighted by molar-refractivity contribution is 6.03. The number of amides is 1. The predicted octanol–water partition coefficient (Wildman–Crippen LogP) is 4.68. The Morgan fingerprint density at radius 3 is 2.55 bits per heavy atom. The van der Waals surface area contributed by atoms with Crippen molar-refractivity contribution < 1.29 is 14.3 Å². The van der Waals surface area contributed by atoms with Crippen LogP contribution in [0.15, 0.2) is 30.6 Å². The SMILES string of the molecule is COc1ccncc1-c1cc(Nc2cc3c(c(C(C)C)n2)c(C)c(C(=O)N2CCN(C4COC4)CC2)n3C)c(C=N)c(C)n1. The topological polar surface area (TPSA) is 121 Å². The Morgan fingerprint density at radius 2 is 1.91 bits per heavy atom. The highest BCUT2D eigenvalue weighted by Gasteiger charge is 2.32. The lowest BCUT2D eigenvalue weighted by Gasteiger charge is -2.42. The number of hydrogen-bond donors (Lipinski definition) is 2. The van der Waals surface area contributed by atoms with E-state index in [1.54, 1.807) is 25.6 Å². The van der Waals surface area contributed by atoms with Gasteiger partial charge in [-0.05, 0) is 37.5 Å². The van der Waals surface area contributed by atoms with Crippen LogP contribution in [0, 0.1) is 19.3 Å². The van der Waals surface area contributed by atoms with E-state index in [9.17, 15) is 4.79 Å². The standard InChI is InChI=1S/C33H40N8O3/c1-19(2)31-30-20(3)32(33(42)41-11-9-40(10-12-41)22-17-44-18-22)39(5)27(30)14-29(38-31)37-25-13-26(36-21(4)23(25)15-34)24-16-35-8-7-28(24)43-6/h7-8,13-16,19,22,34H,9-12,17-18H2,1-6H3,(H,36,37,38). The number of piperazine rings is 1. The van der Waals surface area contributed by atoms with Gasteiger partial charge in [0, 0.05) is 74.5 Å². The van der Waals surface area contributed by atoms with Crippen LogP contribution in [0.5, 0.6) is 5.75 Å². The Bertz CT molecular complexity index is 1740. The lowest BCUT2D eigenvalue weighted by molar-refractivity contribution is -0.0746. The van der Waals surface area contributed by atoms with Gasteiger partial charge < -0.3 is 29.7 Å². The van der Waals surface area contributed by atoms with Crippen LogP contribution in [0.3, 0.4) is 0 Å². The van der Waals surface area contributed by atoms with Crippen molar-refractivity contribution in [1.29, 1.82) is 5.41 Å². The zero-order chi connectivity index (χ0) is 31.1. The van der Waals surface area contributed by atoms with Gasteiger partial charge in [0.2, 0.25) is 0 Å². The van der Waals surface area contributed by atoms with E-state index in [4.69, 9.17) is 24.9 Å². The zero-order valence-corrected chi connectivity index (χ0v) is 26.3. The van der Waals surface area contributed by atoms with Crippen LogP contribution in [-0.2, 0) is 11.8 Å². The van der Waals surface area contributed by atoms with Gasteiger partial charge in [-0.1, -0.05) is 13.8 Å². The second-order valence-electron chi connectivity index (χ2n) is 11.9. The number of hydrogen-bond acceptors (Lipinski definition) is 9. The molecular formula is C33H40N8O3. The van der Waals surface area contributed by atoms with Crippen LogP contribution in [0.25, 0.3) is 22.2 Å². The Balaban J connectivity index is 1.38. The van der Waals surface area contributed by atoms with Crippen molar-refractivity contribution in [1.82, 2.24) is 29.3 Å². The van der Waals surface area contributed by atoms with Crippen molar-refractivity contribution in [2.24, 2.45) is 7.05 Å². The molecule has 44 heavy (non-hydrogen) atoms. The highest BCUT2D eigenvalue weighted by Crippen LogP contribution is 2.36. The molecule has 11 heteroatoms. The predicted molar refractivity (Wildman–Crippen MR) is 172 cm³/mol. The first-order chi connectivity index (χ1) is 21.2. The molecule has 0 spiro atoms. The number of anilines is 2. The molecule has 6 rings (SSSR count). The summed E-state index contributed by atoms with van der Waals surface area (Å²) in [6.45, 7) is 12.9. The summed E-state index contributed by atoms with van der Waals surface area (Å²) in [5, 5.41) is 12.6. The Labute approximate surface area is 257 Å². The lowest BCUT2D eigenvalue weighted by atomic mass is 10.0. The van der Waals surface area contributed by atoms with Crippen molar-refractivity contribution in [3.63, 3.8) is 0 Å². The van der Waals surface area contributed by atoms with Crippen LogP contribution in [0.2, 0.25) is 0 Å². The quantitative estimate of drug-likeness (QED) is 0.282. The largest absolute Gasteiger partial charge is 0.496 e. The summed E-state index contributed by atoms with van der Waals surface area (Å²) in [6, 6.07) is 6.17. The number of carbonyl (C=O) groups excluding carboxylic acids is 1. The molecule has 1 amide bonds. The van der Waals surface area contributed by atoms with Crippen molar-refractivity contribution in [3.8, 4) is 17.0 Å². The molecule has 0 bridgehead atoms. The first-order valence-electron chi connectivity index (χ1n) is 15.1. The lowest BCUT2D eigenvalue weighted by Crippen LogP contribution is -2.57. The number of methoxy groups -OCH3 is 1. The van der Waals surface area contributed by atoms with Crippen LogP contribution in [-0.4, -0.2) is 94.0 Å². The van der Waals surface area contributed by atoms with E-state index in [0.29, 0.717) is 59.0 Å². The Hall–Kier alpha value is -4.35. The second-order valence-corrected chi connectivity index (χ2v) is 11.9. The van der Waals surface area contributed by atoms with Crippen molar-refractivity contribution in [3.05, 3.63) is 58.8 Å². The average Bonchev–Trinajstić information content (AvgIpc) is 3.24. The van der Waals surface area contributed by atoms with E-state index in [2.05, 4.69) is 29.0 Å². The van der Waals surface area contributed by atoms with Gasteiger partial charge in [-0.25, -0.2) is 4.98 Å². The number of nitrogens with one attached hydrogen (secondary N) is 2. The summed E-state index contributed by atoms with van der Waals surface area (Å²) >= 11 is 0. The molecule has 4 aromatic heterocycles. The number of carbonyl (C=O) groups is 1. The van der Waals surface area contributed by atoms with E-state index in [0.717, 1.165) is 54.0 Å². The minimum Gasteiger partial charge on any atom is -0.496 e. The van der Waals surface area contributed by atoms with Gasteiger partial charge in [-0.2, -0.15) is 0 Å². The van der Waals surface area contributed by atoms with Crippen molar-refractivity contribution in [2.45, 2.75) is 39.7 Å². The second kappa shape index (κ2) is 12.0. The van der Waals surface area contributed by atoms with E-state index < -0.39 is 0 Å². The maximum atomic E-state index is 14.0. The summed E-state index contributed by atoms with van der Waals surface area (Å²) < 4.78 is 12.9. The molecule has 0 radical (unpaired) electrons. The van der Waals surface area contributed by atoms with Gasteiger partial charge in [0.25, 0.3) is 5.91 Å². The molecule has 2 aliphatic heterocycles. The van der Waals surface area contributed by atoms with Crippen LogP contribution < -0.4 is 10.1 Å². The van der Waals surface area contributed by atoms with E-state index in [-0.39, 0.29) is 11.8 Å². The molecular weight excluding hydrogens is 556 g/mol. The maximum Gasteiger partial charge on any atom is 0.270 e. The molecule has 6 heterocycles. The fourth-order valence-corrected chi connectivity index (χ4v) is 6.35. The van der Waals surface area contributed by atoms with Gasteiger partial charge in [0.15, 0.2) is 0 Å². The van der Waals surface area contributed by atoms with Crippen LogP contribution >= 0.6 is 0 Å². The van der Waals surface area contributed by atoms with Crippen molar-refractivity contribution in [2.75, 3.05) is 51.8 Å². The molecule has 2 saturated heterocycles. The fraction of sp³-hybridized carbons (Fsp3) is 0.424. The van der Waals surface area contributed by atoms with Gasteiger partial charge >= 0.3 is 0 Å². The molecule has 0 saturated carbocycles. The van der Waals surface area contributed by atoms with Crippen molar-refractivity contribution >= 4 is 34.5 Å². The van der Waals surface area contributed by atoms with Gasteiger partial charge in [0.05, 0.1) is 54.5 Å². The number of rotatable bonds is 8. The molecule has 11 nitrogen and oxygen atoms in total. The molecule has 4 aromatic rings. The maximum absolute atomic E-state index is 14.0. The number of fused-ring (bicyclic) bond motifs is 1. The number of aromatic nitrogens is 4. The molecule has 0 atom stereocenters. The van der Waals surface area contributed by atoms with Crippen LogP contribution in [0.1, 0.15) is 52.8 Å². The third-order valence-electron chi connectivity index (χ3n) is 8.87.